The lowest BCUT2D eigenvalue weighted by molar-refractivity contribution is 0.102. The molecule has 2 aromatic rings. The second kappa shape index (κ2) is 8.60. The summed E-state index contributed by atoms with van der Waals surface area (Å²) in [5, 5.41) is 3.05. The van der Waals surface area contributed by atoms with Crippen molar-refractivity contribution in [2.24, 2.45) is 0 Å². The van der Waals surface area contributed by atoms with E-state index in [-0.39, 0.29) is 5.91 Å². The van der Waals surface area contributed by atoms with Crippen LogP contribution in [0.3, 0.4) is 0 Å². The monoisotopic (exact) mass is 369 g/mol. The molecule has 26 heavy (non-hydrogen) atoms. The molecule has 138 valence electrons. The zero-order valence-corrected chi connectivity index (χ0v) is 16.6. The number of benzene rings is 2. The van der Waals surface area contributed by atoms with Crippen LogP contribution in [0.15, 0.2) is 42.5 Å². The maximum atomic E-state index is 12.6. The fraction of sp³-hybridized carbons (Fsp3) is 0.381. The molecular formula is C21H27N3OS. The SMILES string of the molecule is Cc1cc(CN2CCSCC2)ccc1NC(=O)c1cccc(N(C)C)c1. The van der Waals surface area contributed by atoms with Gasteiger partial charge in [-0.1, -0.05) is 18.2 Å². The van der Waals surface area contributed by atoms with Crippen LogP contribution in [0.25, 0.3) is 0 Å². The van der Waals surface area contributed by atoms with E-state index < -0.39 is 0 Å². The summed E-state index contributed by atoms with van der Waals surface area (Å²) in [6.07, 6.45) is 0. The van der Waals surface area contributed by atoms with E-state index in [4.69, 9.17) is 0 Å². The Morgan fingerprint density at radius 1 is 1.15 bits per heavy atom. The number of nitrogens with zero attached hydrogens (tertiary/aromatic N) is 2. The van der Waals surface area contributed by atoms with Crippen LogP contribution in [0.5, 0.6) is 0 Å². The van der Waals surface area contributed by atoms with Crippen LogP contribution in [-0.4, -0.2) is 49.5 Å². The minimum Gasteiger partial charge on any atom is -0.378 e. The van der Waals surface area contributed by atoms with Crippen molar-refractivity contribution in [1.82, 2.24) is 4.90 Å². The van der Waals surface area contributed by atoms with Gasteiger partial charge in [-0.25, -0.2) is 0 Å². The van der Waals surface area contributed by atoms with E-state index in [1.807, 2.05) is 61.1 Å². The van der Waals surface area contributed by atoms with Crippen LogP contribution in [-0.2, 0) is 6.54 Å². The number of nitrogens with one attached hydrogen (secondary N) is 1. The number of hydrogen-bond donors (Lipinski definition) is 1. The van der Waals surface area contributed by atoms with Gasteiger partial charge in [0.2, 0.25) is 0 Å². The third-order valence-corrected chi connectivity index (χ3v) is 5.62. The van der Waals surface area contributed by atoms with E-state index >= 15 is 0 Å². The average molecular weight is 370 g/mol. The molecule has 4 nitrogen and oxygen atoms in total. The normalized spacial score (nSPS) is 14.9. The summed E-state index contributed by atoms with van der Waals surface area (Å²) in [6, 6.07) is 14.0. The molecule has 0 unspecified atom stereocenters. The molecule has 1 heterocycles. The van der Waals surface area contributed by atoms with Gasteiger partial charge in [0, 0.05) is 62.2 Å². The number of carbonyl (C=O) groups is 1. The molecular weight excluding hydrogens is 342 g/mol. The first-order valence-corrected chi connectivity index (χ1v) is 10.2. The number of hydrogen-bond acceptors (Lipinski definition) is 4. The fourth-order valence-electron chi connectivity index (χ4n) is 3.10. The van der Waals surface area contributed by atoms with Gasteiger partial charge in [-0.3, -0.25) is 9.69 Å². The molecule has 0 saturated carbocycles. The molecule has 1 amide bonds. The van der Waals surface area contributed by atoms with E-state index in [2.05, 4.69) is 29.3 Å². The summed E-state index contributed by atoms with van der Waals surface area (Å²) >= 11 is 2.03. The molecule has 1 fully saturated rings. The van der Waals surface area contributed by atoms with E-state index in [1.54, 1.807) is 0 Å². The summed E-state index contributed by atoms with van der Waals surface area (Å²) in [4.78, 5) is 17.1. The number of rotatable bonds is 5. The lowest BCUT2D eigenvalue weighted by atomic mass is 10.1. The van der Waals surface area contributed by atoms with Gasteiger partial charge in [0.1, 0.15) is 0 Å². The summed E-state index contributed by atoms with van der Waals surface area (Å²) in [6.45, 7) is 5.36. The first-order chi connectivity index (χ1) is 12.5. The molecule has 0 spiro atoms. The molecule has 2 aromatic carbocycles. The Morgan fingerprint density at radius 2 is 1.92 bits per heavy atom. The maximum absolute atomic E-state index is 12.6. The van der Waals surface area contributed by atoms with Crippen molar-refractivity contribution in [2.75, 3.05) is 48.9 Å². The number of amides is 1. The molecule has 0 aliphatic carbocycles. The van der Waals surface area contributed by atoms with Gasteiger partial charge >= 0.3 is 0 Å². The maximum Gasteiger partial charge on any atom is 0.255 e. The average Bonchev–Trinajstić information content (AvgIpc) is 2.65. The Balaban J connectivity index is 1.67. The van der Waals surface area contributed by atoms with E-state index in [1.165, 1.54) is 17.1 Å². The van der Waals surface area contributed by atoms with Gasteiger partial charge in [-0.05, 0) is 42.3 Å². The van der Waals surface area contributed by atoms with Gasteiger partial charge in [0.25, 0.3) is 5.91 Å². The molecule has 1 saturated heterocycles. The van der Waals surface area contributed by atoms with Crippen LogP contribution >= 0.6 is 11.8 Å². The molecule has 5 heteroatoms. The number of thioether (sulfide) groups is 1. The van der Waals surface area contributed by atoms with Gasteiger partial charge < -0.3 is 10.2 Å². The molecule has 1 aliphatic heterocycles. The van der Waals surface area contributed by atoms with E-state index in [9.17, 15) is 4.79 Å². The fourth-order valence-corrected chi connectivity index (χ4v) is 4.08. The van der Waals surface area contributed by atoms with Crippen molar-refractivity contribution in [3.8, 4) is 0 Å². The van der Waals surface area contributed by atoms with Crippen molar-refractivity contribution >= 4 is 29.0 Å². The van der Waals surface area contributed by atoms with Crippen molar-refractivity contribution in [3.63, 3.8) is 0 Å². The Labute approximate surface area is 160 Å². The molecule has 3 rings (SSSR count). The van der Waals surface area contributed by atoms with Crippen LogP contribution < -0.4 is 10.2 Å². The van der Waals surface area contributed by atoms with Gasteiger partial charge in [-0.15, -0.1) is 0 Å². The highest BCUT2D eigenvalue weighted by molar-refractivity contribution is 7.99. The molecule has 0 bridgehead atoms. The topological polar surface area (TPSA) is 35.6 Å². The molecule has 1 aliphatic rings. The largest absolute Gasteiger partial charge is 0.378 e. The first-order valence-electron chi connectivity index (χ1n) is 9.01. The van der Waals surface area contributed by atoms with Crippen molar-refractivity contribution in [1.29, 1.82) is 0 Å². The second-order valence-corrected chi connectivity index (χ2v) is 8.16. The Hall–Kier alpha value is -1.98. The Kier molecular flexibility index (Phi) is 6.22. The molecule has 0 aromatic heterocycles. The Bertz CT molecular complexity index is 770. The van der Waals surface area contributed by atoms with E-state index in [0.717, 1.165) is 36.6 Å². The summed E-state index contributed by atoms with van der Waals surface area (Å²) < 4.78 is 0. The van der Waals surface area contributed by atoms with Crippen LogP contribution in [0.1, 0.15) is 21.5 Å². The van der Waals surface area contributed by atoms with Gasteiger partial charge in [0.05, 0.1) is 0 Å². The van der Waals surface area contributed by atoms with Crippen LogP contribution in [0.4, 0.5) is 11.4 Å². The number of carbonyl (C=O) groups excluding carboxylic acids is 1. The lowest BCUT2D eigenvalue weighted by Gasteiger charge is -2.26. The third kappa shape index (κ3) is 4.80. The predicted octanol–water partition coefficient (Wildman–Crippen LogP) is 3.86. The van der Waals surface area contributed by atoms with Crippen LogP contribution in [0.2, 0.25) is 0 Å². The van der Waals surface area contributed by atoms with Crippen molar-refractivity contribution in [3.05, 3.63) is 59.2 Å². The highest BCUT2D eigenvalue weighted by Gasteiger charge is 2.13. The number of anilines is 2. The van der Waals surface area contributed by atoms with Crippen LogP contribution in [0, 0.1) is 6.92 Å². The minimum atomic E-state index is -0.0717. The highest BCUT2D eigenvalue weighted by Crippen LogP contribution is 2.21. The summed E-state index contributed by atoms with van der Waals surface area (Å²) in [5.74, 6) is 2.37. The lowest BCUT2D eigenvalue weighted by Crippen LogP contribution is -2.31. The third-order valence-electron chi connectivity index (χ3n) is 4.67. The van der Waals surface area contributed by atoms with Gasteiger partial charge in [0.15, 0.2) is 0 Å². The predicted molar refractivity (Wildman–Crippen MR) is 113 cm³/mol. The molecule has 0 atom stereocenters. The van der Waals surface area contributed by atoms with E-state index in [0.29, 0.717) is 5.56 Å². The standard InChI is InChI=1S/C21H27N3OS/c1-16-13-17(15-24-9-11-26-12-10-24)7-8-20(16)22-21(25)18-5-4-6-19(14-18)23(2)3/h4-8,13-14H,9-12,15H2,1-3H3,(H,22,25). The zero-order valence-electron chi connectivity index (χ0n) is 15.8. The second-order valence-electron chi connectivity index (χ2n) is 6.94. The number of aryl methyl sites for hydroxylation is 1. The minimum absolute atomic E-state index is 0.0717. The zero-order chi connectivity index (χ0) is 18.5. The Morgan fingerprint density at radius 3 is 2.62 bits per heavy atom. The van der Waals surface area contributed by atoms with Crippen molar-refractivity contribution < 1.29 is 4.79 Å². The first kappa shape index (κ1) is 18.8. The highest BCUT2D eigenvalue weighted by atomic mass is 32.2. The summed E-state index contributed by atoms with van der Waals surface area (Å²) in [5.41, 5.74) is 4.98. The molecule has 0 radical (unpaired) electrons. The summed E-state index contributed by atoms with van der Waals surface area (Å²) in [7, 11) is 3.95. The smallest absolute Gasteiger partial charge is 0.255 e. The van der Waals surface area contributed by atoms with Gasteiger partial charge in [-0.2, -0.15) is 11.8 Å². The molecule has 1 N–H and O–H groups in total. The quantitative estimate of drug-likeness (QED) is 0.868. The van der Waals surface area contributed by atoms with Crippen molar-refractivity contribution in [2.45, 2.75) is 13.5 Å².